The number of allylic oxidation sites excluding steroid dienone is 2. The Kier molecular flexibility index (Phi) is 4.19. The van der Waals surface area contributed by atoms with Crippen LogP contribution in [0.15, 0.2) is 41.8 Å². The summed E-state index contributed by atoms with van der Waals surface area (Å²) in [5, 5.41) is 9.03. The van der Waals surface area contributed by atoms with Gasteiger partial charge in [0.05, 0.1) is 17.3 Å². The minimum Gasteiger partial charge on any atom is -0.376 e. The molecule has 2 aliphatic rings. The fourth-order valence-electron chi connectivity index (χ4n) is 4.18. The Morgan fingerprint density at radius 1 is 1.27 bits per heavy atom. The van der Waals surface area contributed by atoms with Gasteiger partial charge in [-0.1, -0.05) is 24.3 Å². The molecule has 0 spiro atoms. The number of para-hydroxylation sites is 1. The van der Waals surface area contributed by atoms with Gasteiger partial charge in [0.15, 0.2) is 0 Å². The molecule has 2 aromatic rings. The number of thiophene rings is 1. The van der Waals surface area contributed by atoms with Crippen molar-refractivity contribution in [3.05, 3.63) is 63.4 Å². The van der Waals surface area contributed by atoms with Gasteiger partial charge in [0, 0.05) is 16.3 Å². The molecule has 0 radical (unpaired) electrons. The summed E-state index contributed by atoms with van der Waals surface area (Å²) < 4.78 is 0. The quantitative estimate of drug-likeness (QED) is 0.698. The van der Waals surface area contributed by atoms with Crippen molar-refractivity contribution in [1.82, 2.24) is 5.32 Å². The van der Waals surface area contributed by atoms with Crippen molar-refractivity contribution in [3.63, 3.8) is 0 Å². The Labute approximate surface area is 159 Å². The number of hydrogen-bond acceptors (Lipinski definition) is 3. The molecule has 0 saturated carbocycles. The largest absolute Gasteiger partial charge is 0.376 e. The molecule has 26 heavy (non-hydrogen) atoms. The molecule has 1 aliphatic heterocycles. The number of benzene rings is 1. The summed E-state index contributed by atoms with van der Waals surface area (Å²) in [6.45, 7) is 8.22. The van der Waals surface area contributed by atoms with Crippen LogP contribution in [0.5, 0.6) is 0 Å². The molecule has 1 aromatic heterocycles. The molecule has 0 saturated heterocycles. The monoisotopic (exact) mass is 366 g/mol. The SMILES string of the molecule is Cc1ccsc1C1Nc2c(C(=O)NC(C)(C)C)cccc2C2C=CCC21. The summed E-state index contributed by atoms with van der Waals surface area (Å²) in [6.07, 6.45) is 5.70. The number of hydrogen-bond donors (Lipinski definition) is 2. The van der Waals surface area contributed by atoms with Crippen LogP contribution in [0.2, 0.25) is 0 Å². The predicted molar refractivity (Wildman–Crippen MR) is 109 cm³/mol. The van der Waals surface area contributed by atoms with Crippen LogP contribution in [-0.4, -0.2) is 11.4 Å². The second-order valence-electron chi connectivity index (χ2n) is 8.42. The molecule has 2 N–H and O–H groups in total. The summed E-state index contributed by atoms with van der Waals surface area (Å²) in [5.74, 6) is 0.879. The summed E-state index contributed by atoms with van der Waals surface area (Å²) in [4.78, 5) is 14.3. The molecule has 1 amide bonds. The van der Waals surface area contributed by atoms with Crippen molar-refractivity contribution in [3.8, 4) is 0 Å². The smallest absolute Gasteiger partial charge is 0.253 e. The van der Waals surface area contributed by atoms with Gasteiger partial charge in [0.2, 0.25) is 0 Å². The van der Waals surface area contributed by atoms with Crippen LogP contribution >= 0.6 is 11.3 Å². The number of amides is 1. The summed E-state index contributed by atoms with van der Waals surface area (Å²) in [5.41, 5.74) is 4.07. The highest BCUT2D eigenvalue weighted by Gasteiger charge is 2.40. The van der Waals surface area contributed by atoms with Crippen molar-refractivity contribution < 1.29 is 4.79 Å². The van der Waals surface area contributed by atoms with Crippen molar-refractivity contribution in [2.45, 2.75) is 51.6 Å². The molecule has 1 aromatic carbocycles. The molecule has 1 aliphatic carbocycles. The molecule has 3 unspecified atom stereocenters. The Morgan fingerprint density at radius 2 is 2.08 bits per heavy atom. The van der Waals surface area contributed by atoms with Gasteiger partial charge in [-0.05, 0) is 68.7 Å². The first kappa shape index (κ1) is 17.3. The molecule has 4 heteroatoms. The zero-order valence-corrected chi connectivity index (χ0v) is 16.6. The molecular formula is C22H26N2OS. The number of nitrogens with one attached hydrogen (secondary N) is 2. The first-order chi connectivity index (χ1) is 12.3. The lowest BCUT2D eigenvalue weighted by molar-refractivity contribution is 0.0920. The number of carbonyl (C=O) groups is 1. The fourth-order valence-corrected chi connectivity index (χ4v) is 5.23. The number of rotatable bonds is 2. The van der Waals surface area contributed by atoms with Gasteiger partial charge < -0.3 is 10.6 Å². The zero-order valence-electron chi connectivity index (χ0n) is 15.8. The van der Waals surface area contributed by atoms with Gasteiger partial charge in [-0.15, -0.1) is 11.3 Å². The van der Waals surface area contributed by atoms with Crippen LogP contribution in [0.3, 0.4) is 0 Å². The van der Waals surface area contributed by atoms with E-state index in [1.165, 1.54) is 16.0 Å². The second kappa shape index (κ2) is 6.27. The van der Waals surface area contributed by atoms with Crippen molar-refractivity contribution in [2.75, 3.05) is 5.32 Å². The first-order valence-electron chi connectivity index (χ1n) is 9.28. The highest BCUT2D eigenvalue weighted by atomic mass is 32.1. The Morgan fingerprint density at radius 3 is 2.77 bits per heavy atom. The van der Waals surface area contributed by atoms with Crippen LogP contribution in [0.4, 0.5) is 5.69 Å². The van der Waals surface area contributed by atoms with E-state index in [0.717, 1.165) is 17.7 Å². The van der Waals surface area contributed by atoms with Crippen LogP contribution in [0.25, 0.3) is 0 Å². The average molecular weight is 367 g/mol. The van der Waals surface area contributed by atoms with Crippen molar-refractivity contribution in [1.29, 1.82) is 0 Å². The second-order valence-corrected chi connectivity index (χ2v) is 9.36. The van der Waals surface area contributed by atoms with Gasteiger partial charge in [-0.2, -0.15) is 0 Å². The maximum Gasteiger partial charge on any atom is 0.253 e. The summed E-state index contributed by atoms with van der Waals surface area (Å²) >= 11 is 1.81. The number of aryl methyl sites for hydroxylation is 1. The number of anilines is 1. The highest BCUT2D eigenvalue weighted by Crippen LogP contribution is 2.51. The average Bonchev–Trinajstić information content (AvgIpc) is 3.21. The van der Waals surface area contributed by atoms with E-state index in [0.29, 0.717) is 11.8 Å². The third-order valence-electron chi connectivity index (χ3n) is 5.31. The topological polar surface area (TPSA) is 41.1 Å². The Hall–Kier alpha value is -2.07. The lowest BCUT2D eigenvalue weighted by atomic mass is 9.77. The van der Waals surface area contributed by atoms with Crippen molar-refractivity contribution in [2.24, 2.45) is 5.92 Å². The van der Waals surface area contributed by atoms with Gasteiger partial charge >= 0.3 is 0 Å². The fraction of sp³-hybridized carbons (Fsp3) is 0.409. The number of carbonyl (C=O) groups excluding carboxylic acids is 1. The molecule has 3 atom stereocenters. The van der Waals surface area contributed by atoms with Crippen molar-refractivity contribution >= 4 is 22.9 Å². The summed E-state index contributed by atoms with van der Waals surface area (Å²) in [6, 6.07) is 8.56. The molecule has 3 nitrogen and oxygen atoms in total. The van der Waals surface area contributed by atoms with E-state index in [2.05, 4.69) is 47.2 Å². The van der Waals surface area contributed by atoms with Gasteiger partial charge in [-0.25, -0.2) is 0 Å². The van der Waals surface area contributed by atoms with Crippen LogP contribution in [-0.2, 0) is 0 Å². The standard InChI is InChI=1S/C22H26N2OS/c1-13-11-12-26-20(13)19-16-9-5-7-14(16)15-8-6-10-17(18(15)23-19)21(25)24-22(2,3)4/h5-8,10-12,14,16,19,23H,9H2,1-4H3,(H,24,25). The molecular weight excluding hydrogens is 340 g/mol. The highest BCUT2D eigenvalue weighted by molar-refractivity contribution is 7.10. The summed E-state index contributed by atoms with van der Waals surface area (Å²) in [7, 11) is 0. The Balaban J connectivity index is 1.78. The zero-order chi connectivity index (χ0) is 18.5. The van der Waals surface area contributed by atoms with E-state index in [4.69, 9.17) is 0 Å². The lowest BCUT2D eigenvalue weighted by Crippen LogP contribution is -2.41. The third kappa shape index (κ3) is 2.96. The molecule has 0 fully saturated rings. The lowest BCUT2D eigenvalue weighted by Gasteiger charge is -2.38. The number of fused-ring (bicyclic) bond motifs is 3. The normalized spacial score (nSPS) is 23.9. The van der Waals surface area contributed by atoms with Crippen LogP contribution in [0.1, 0.15) is 65.5 Å². The van der Waals surface area contributed by atoms with E-state index in [1.807, 2.05) is 44.2 Å². The molecule has 0 bridgehead atoms. The van der Waals surface area contributed by atoms with Crippen LogP contribution < -0.4 is 10.6 Å². The van der Waals surface area contributed by atoms with Gasteiger partial charge in [-0.3, -0.25) is 4.79 Å². The maximum atomic E-state index is 12.9. The predicted octanol–water partition coefficient (Wildman–Crippen LogP) is 5.41. The van der Waals surface area contributed by atoms with Gasteiger partial charge in [0.25, 0.3) is 5.91 Å². The van der Waals surface area contributed by atoms with E-state index in [-0.39, 0.29) is 17.5 Å². The van der Waals surface area contributed by atoms with Crippen LogP contribution in [0, 0.1) is 12.8 Å². The molecule has 4 rings (SSSR count). The maximum absolute atomic E-state index is 12.9. The van der Waals surface area contributed by atoms with E-state index < -0.39 is 0 Å². The minimum atomic E-state index is -0.256. The molecule has 2 heterocycles. The van der Waals surface area contributed by atoms with Gasteiger partial charge in [0.1, 0.15) is 0 Å². The Bertz CT molecular complexity index is 875. The van der Waals surface area contributed by atoms with E-state index >= 15 is 0 Å². The van der Waals surface area contributed by atoms with E-state index in [9.17, 15) is 4.79 Å². The van der Waals surface area contributed by atoms with E-state index in [1.54, 1.807) is 0 Å². The first-order valence-corrected chi connectivity index (χ1v) is 10.2. The molecule has 136 valence electrons. The minimum absolute atomic E-state index is 0.0103. The third-order valence-corrected chi connectivity index (χ3v) is 6.42.